The molecule has 10 nitrogen and oxygen atoms in total. The molecule has 22 heavy (non-hydrogen) atoms. The van der Waals surface area contributed by atoms with Crippen LogP contribution in [-0.2, 0) is 16.0 Å². The van der Waals surface area contributed by atoms with E-state index in [1.807, 2.05) is 0 Å². The van der Waals surface area contributed by atoms with E-state index in [-0.39, 0.29) is 25.6 Å². The fourth-order valence-corrected chi connectivity index (χ4v) is 1.72. The second kappa shape index (κ2) is 9.85. The standard InChI is InChI=1S/C11H19BN6O4/c1-2-6-14-10(19)8-18-11(15-16-17-18)9(13)5-3-4-7-22-12(20)21/h1,9,20-21H,3-8,13H2,(H,14,19). The Balaban J connectivity index is 2.40. The van der Waals surface area contributed by atoms with Crippen molar-refractivity contribution in [1.82, 2.24) is 25.5 Å². The van der Waals surface area contributed by atoms with Crippen LogP contribution in [0.25, 0.3) is 0 Å². The van der Waals surface area contributed by atoms with Crippen LogP contribution in [0.2, 0.25) is 0 Å². The second-order valence-corrected chi connectivity index (χ2v) is 4.47. The first-order valence-electron chi connectivity index (χ1n) is 6.74. The number of aromatic nitrogens is 4. The van der Waals surface area contributed by atoms with E-state index in [1.54, 1.807) is 0 Å². The lowest BCUT2D eigenvalue weighted by Crippen LogP contribution is -2.30. The Kier molecular flexibility index (Phi) is 8.09. The van der Waals surface area contributed by atoms with Crippen LogP contribution in [-0.4, -0.2) is 56.6 Å². The van der Waals surface area contributed by atoms with Crippen LogP contribution in [0.4, 0.5) is 0 Å². The molecule has 1 rings (SSSR count). The van der Waals surface area contributed by atoms with Crippen molar-refractivity contribution in [1.29, 1.82) is 0 Å². The molecule has 1 amide bonds. The highest BCUT2D eigenvalue weighted by atomic mass is 16.6. The quantitative estimate of drug-likeness (QED) is 0.212. The van der Waals surface area contributed by atoms with Gasteiger partial charge in [0.15, 0.2) is 5.82 Å². The third kappa shape index (κ3) is 6.64. The Morgan fingerprint density at radius 2 is 2.32 bits per heavy atom. The summed E-state index contributed by atoms with van der Waals surface area (Å²) in [5.41, 5.74) is 5.99. The molecule has 0 saturated heterocycles. The Morgan fingerprint density at radius 1 is 1.55 bits per heavy atom. The van der Waals surface area contributed by atoms with Gasteiger partial charge in [-0.3, -0.25) is 4.79 Å². The lowest BCUT2D eigenvalue weighted by atomic mass is 10.1. The fraction of sp³-hybridized carbons (Fsp3) is 0.636. The summed E-state index contributed by atoms with van der Waals surface area (Å²) in [7, 11) is -1.76. The molecule has 5 N–H and O–H groups in total. The third-order valence-electron chi connectivity index (χ3n) is 2.75. The number of amides is 1. The summed E-state index contributed by atoms with van der Waals surface area (Å²) in [6.45, 7) is 0.292. The Morgan fingerprint density at radius 3 is 3.00 bits per heavy atom. The highest BCUT2D eigenvalue weighted by molar-refractivity contribution is 6.32. The summed E-state index contributed by atoms with van der Waals surface area (Å²) in [5, 5.41) is 30.6. The first kappa shape index (κ1) is 18.1. The molecule has 120 valence electrons. The number of nitrogens with zero attached hydrogens (tertiary/aromatic N) is 4. The molecular formula is C11H19BN6O4. The molecule has 1 unspecified atom stereocenters. The van der Waals surface area contributed by atoms with Crippen molar-refractivity contribution in [2.24, 2.45) is 5.73 Å². The molecule has 1 aromatic rings. The maximum absolute atomic E-state index is 11.6. The molecule has 0 bridgehead atoms. The lowest BCUT2D eigenvalue weighted by molar-refractivity contribution is -0.121. The highest BCUT2D eigenvalue weighted by Gasteiger charge is 2.17. The van der Waals surface area contributed by atoms with Gasteiger partial charge < -0.3 is 25.8 Å². The minimum atomic E-state index is -1.76. The number of hydrogen-bond donors (Lipinski definition) is 4. The molecule has 1 heterocycles. The highest BCUT2D eigenvalue weighted by Crippen LogP contribution is 2.13. The van der Waals surface area contributed by atoms with Gasteiger partial charge in [0.2, 0.25) is 5.91 Å². The molecule has 0 spiro atoms. The van der Waals surface area contributed by atoms with Gasteiger partial charge in [-0.05, 0) is 29.7 Å². The van der Waals surface area contributed by atoms with Crippen LogP contribution >= 0.6 is 0 Å². The second-order valence-electron chi connectivity index (χ2n) is 4.47. The SMILES string of the molecule is C#CCNC(=O)Cn1nnnc1C(N)CCCCOB(O)O. The molecule has 0 aliphatic heterocycles. The normalized spacial score (nSPS) is 11.7. The van der Waals surface area contributed by atoms with Crippen LogP contribution in [0.5, 0.6) is 0 Å². The van der Waals surface area contributed by atoms with Gasteiger partial charge in [0, 0.05) is 6.61 Å². The van der Waals surface area contributed by atoms with Crippen molar-refractivity contribution >= 4 is 13.2 Å². The van der Waals surface area contributed by atoms with Gasteiger partial charge in [0.1, 0.15) is 6.54 Å². The first-order chi connectivity index (χ1) is 10.5. The molecule has 0 aromatic carbocycles. The maximum atomic E-state index is 11.6. The number of rotatable bonds is 10. The molecule has 0 aliphatic rings. The van der Waals surface area contributed by atoms with Gasteiger partial charge in [0.25, 0.3) is 0 Å². The van der Waals surface area contributed by atoms with Gasteiger partial charge >= 0.3 is 7.32 Å². The van der Waals surface area contributed by atoms with Crippen LogP contribution in [0, 0.1) is 12.3 Å². The van der Waals surface area contributed by atoms with Gasteiger partial charge in [-0.1, -0.05) is 5.92 Å². The predicted octanol–water partition coefficient (Wildman–Crippen LogP) is -2.42. The monoisotopic (exact) mass is 310 g/mol. The van der Waals surface area contributed by atoms with Crippen molar-refractivity contribution in [2.45, 2.75) is 31.8 Å². The molecule has 0 aliphatic carbocycles. The number of nitrogens with two attached hydrogens (primary N) is 1. The summed E-state index contributed by atoms with van der Waals surface area (Å²) < 4.78 is 5.91. The number of carbonyl (C=O) groups is 1. The van der Waals surface area contributed by atoms with Crippen molar-refractivity contribution in [2.75, 3.05) is 13.2 Å². The fourth-order valence-electron chi connectivity index (χ4n) is 1.72. The summed E-state index contributed by atoms with van der Waals surface area (Å²) in [6.07, 6.45) is 6.91. The van der Waals surface area contributed by atoms with Crippen LogP contribution in [0.1, 0.15) is 31.1 Å². The number of unbranched alkanes of at least 4 members (excludes halogenated alkanes) is 1. The van der Waals surface area contributed by atoms with E-state index in [0.29, 0.717) is 25.1 Å². The molecule has 0 saturated carbocycles. The molecule has 0 fully saturated rings. The minimum absolute atomic E-state index is 0.0580. The number of hydrogen-bond acceptors (Lipinski definition) is 8. The van der Waals surface area contributed by atoms with Gasteiger partial charge in [-0.25, -0.2) is 4.68 Å². The molecule has 1 aromatic heterocycles. The van der Waals surface area contributed by atoms with Crippen molar-refractivity contribution in [3.63, 3.8) is 0 Å². The minimum Gasteiger partial charge on any atom is -0.402 e. The van der Waals surface area contributed by atoms with Crippen LogP contribution in [0.3, 0.4) is 0 Å². The predicted molar refractivity (Wildman–Crippen MR) is 76.6 cm³/mol. The number of nitrogens with one attached hydrogen (secondary N) is 1. The topological polar surface area (TPSA) is 148 Å². The molecule has 11 heteroatoms. The van der Waals surface area contributed by atoms with E-state index < -0.39 is 13.4 Å². The Hall–Kier alpha value is -2.00. The number of terminal acetylenes is 1. The summed E-state index contributed by atoms with van der Waals surface area (Å²) in [4.78, 5) is 11.6. The van der Waals surface area contributed by atoms with Crippen LogP contribution < -0.4 is 11.1 Å². The van der Waals surface area contributed by atoms with E-state index >= 15 is 0 Å². The Bertz CT molecular complexity index is 503. The average molecular weight is 310 g/mol. The zero-order chi connectivity index (χ0) is 16.4. The molecular weight excluding hydrogens is 291 g/mol. The van der Waals surface area contributed by atoms with E-state index in [0.717, 1.165) is 0 Å². The summed E-state index contributed by atoms with van der Waals surface area (Å²) in [5.74, 6) is 2.40. The van der Waals surface area contributed by atoms with E-state index in [4.69, 9.17) is 22.2 Å². The lowest BCUT2D eigenvalue weighted by Gasteiger charge is -2.11. The van der Waals surface area contributed by atoms with Crippen molar-refractivity contribution in [3.05, 3.63) is 5.82 Å². The molecule has 0 radical (unpaired) electrons. The smallest absolute Gasteiger partial charge is 0.402 e. The number of carbonyl (C=O) groups excluding carboxylic acids is 1. The first-order valence-corrected chi connectivity index (χ1v) is 6.74. The van der Waals surface area contributed by atoms with E-state index in [9.17, 15) is 4.79 Å². The summed E-state index contributed by atoms with van der Waals surface area (Å²) in [6, 6.07) is -0.436. The largest absolute Gasteiger partial charge is 0.633 e. The van der Waals surface area contributed by atoms with Crippen LogP contribution in [0.15, 0.2) is 0 Å². The molecule has 1 atom stereocenters. The van der Waals surface area contributed by atoms with E-state index in [2.05, 4.69) is 31.4 Å². The van der Waals surface area contributed by atoms with Gasteiger partial charge in [-0.2, -0.15) is 0 Å². The van der Waals surface area contributed by atoms with Gasteiger partial charge in [-0.15, -0.1) is 11.5 Å². The third-order valence-corrected chi connectivity index (χ3v) is 2.75. The summed E-state index contributed by atoms with van der Waals surface area (Å²) >= 11 is 0. The zero-order valence-corrected chi connectivity index (χ0v) is 12.1. The van der Waals surface area contributed by atoms with Crippen molar-refractivity contribution in [3.8, 4) is 12.3 Å². The van der Waals surface area contributed by atoms with E-state index in [1.165, 1.54) is 4.68 Å². The number of tetrazole rings is 1. The maximum Gasteiger partial charge on any atom is 0.633 e. The zero-order valence-electron chi connectivity index (χ0n) is 12.1. The van der Waals surface area contributed by atoms with Crippen molar-refractivity contribution < 1.29 is 19.5 Å². The average Bonchev–Trinajstić information content (AvgIpc) is 2.92. The Labute approximate surface area is 128 Å². The van der Waals surface area contributed by atoms with Gasteiger partial charge in [0.05, 0.1) is 12.6 Å².